The Hall–Kier alpha value is -1.63. The Kier molecular flexibility index (Phi) is 4.43. The zero-order valence-electron chi connectivity index (χ0n) is 15.7. The van der Waals surface area contributed by atoms with Crippen molar-refractivity contribution < 1.29 is 4.39 Å². The largest absolute Gasteiger partial charge is 0.207 e. The van der Waals surface area contributed by atoms with E-state index < -0.39 is 0 Å². The van der Waals surface area contributed by atoms with Crippen LogP contribution in [0.2, 0.25) is 0 Å². The number of fused-ring (bicyclic) bond motifs is 2. The van der Waals surface area contributed by atoms with Crippen LogP contribution in [0.1, 0.15) is 73.3 Å². The SMILES string of the molecule is CC(C)C1CCc2c(CC(C)C3CCc4ccccc43)ccc(F)c21. The summed E-state index contributed by atoms with van der Waals surface area (Å²) in [5, 5.41) is 0. The number of hydrogen-bond donors (Lipinski definition) is 0. The normalized spacial score (nSPS) is 22.9. The highest BCUT2D eigenvalue weighted by Gasteiger charge is 2.32. The second-order valence-corrected chi connectivity index (χ2v) is 8.51. The molecule has 25 heavy (non-hydrogen) atoms. The van der Waals surface area contributed by atoms with E-state index in [0.717, 1.165) is 24.8 Å². The third-order valence-corrected chi connectivity index (χ3v) is 6.69. The second-order valence-electron chi connectivity index (χ2n) is 8.51. The van der Waals surface area contributed by atoms with Gasteiger partial charge in [0.2, 0.25) is 0 Å². The summed E-state index contributed by atoms with van der Waals surface area (Å²) in [6, 6.07) is 12.7. The summed E-state index contributed by atoms with van der Waals surface area (Å²) < 4.78 is 14.5. The molecule has 0 fully saturated rings. The molecule has 2 aliphatic rings. The van der Waals surface area contributed by atoms with Crippen molar-refractivity contribution in [3.05, 3.63) is 70.0 Å². The van der Waals surface area contributed by atoms with E-state index in [1.165, 1.54) is 29.5 Å². The molecule has 0 heterocycles. The van der Waals surface area contributed by atoms with Crippen molar-refractivity contribution in [1.29, 1.82) is 0 Å². The van der Waals surface area contributed by atoms with Gasteiger partial charge in [0.05, 0.1) is 0 Å². The minimum Gasteiger partial charge on any atom is -0.207 e. The zero-order chi connectivity index (χ0) is 17.6. The molecule has 0 amide bonds. The van der Waals surface area contributed by atoms with Gasteiger partial charge in [0.15, 0.2) is 0 Å². The summed E-state index contributed by atoms with van der Waals surface area (Å²) in [7, 11) is 0. The Balaban J connectivity index is 1.60. The van der Waals surface area contributed by atoms with Crippen molar-refractivity contribution in [2.24, 2.45) is 11.8 Å². The van der Waals surface area contributed by atoms with E-state index in [4.69, 9.17) is 0 Å². The van der Waals surface area contributed by atoms with Gasteiger partial charge in [-0.3, -0.25) is 0 Å². The van der Waals surface area contributed by atoms with Crippen LogP contribution < -0.4 is 0 Å². The van der Waals surface area contributed by atoms with E-state index in [2.05, 4.69) is 51.1 Å². The van der Waals surface area contributed by atoms with Gasteiger partial charge >= 0.3 is 0 Å². The number of aryl methyl sites for hydroxylation is 1. The third kappa shape index (κ3) is 2.92. The molecule has 2 aromatic carbocycles. The van der Waals surface area contributed by atoms with E-state index in [1.807, 2.05) is 0 Å². The monoisotopic (exact) mass is 336 g/mol. The molecule has 3 unspecified atom stereocenters. The molecule has 132 valence electrons. The molecular weight excluding hydrogens is 307 g/mol. The molecule has 4 rings (SSSR count). The van der Waals surface area contributed by atoms with E-state index in [1.54, 1.807) is 11.6 Å². The maximum atomic E-state index is 14.5. The zero-order valence-corrected chi connectivity index (χ0v) is 15.7. The molecule has 0 aromatic heterocycles. The minimum atomic E-state index is 0.0221. The van der Waals surface area contributed by atoms with Crippen molar-refractivity contribution in [1.82, 2.24) is 0 Å². The summed E-state index contributed by atoms with van der Waals surface area (Å²) in [5.41, 5.74) is 6.84. The summed E-state index contributed by atoms with van der Waals surface area (Å²) in [4.78, 5) is 0. The smallest absolute Gasteiger partial charge is 0.126 e. The molecule has 3 atom stereocenters. The lowest BCUT2D eigenvalue weighted by atomic mass is 9.82. The molecule has 2 aromatic rings. The van der Waals surface area contributed by atoms with Gasteiger partial charge in [0.25, 0.3) is 0 Å². The highest BCUT2D eigenvalue weighted by Crippen LogP contribution is 2.44. The first-order chi connectivity index (χ1) is 12.1. The third-order valence-electron chi connectivity index (χ3n) is 6.69. The molecule has 0 saturated heterocycles. The predicted octanol–water partition coefficient (Wildman–Crippen LogP) is 6.42. The average Bonchev–Trinajstić information content (AvgIpc) is 3.22. The Labute approximate surface area is 151 Å². The first kappa shape index (κ1) is 16.8. The van der Waals surface area contributed by atoms with Crippen molar-refractivity contribution >= 4 is 0 Å². The van der Waals surface area contributed by atoms with Crippen molar-refractivity contribution in [2.75, 3.05) is 0 Å². The van der Waals surface area contributed by atoms with Gasteiger partial charge in [-0.15, -0.1) is 0 Å². The van der Waals surface area contributed by atoms with Crippen LogP contribution in [0.4, 0.5) is 4.39 Å². The van der Waals surface area contributed by atoms with Crippen LogP contribution in [-0.2, 0) is 19.3 Å². The van der Waals surface area contributed by atoms with E-state index in [0.29, 0.717) is 23.7 Å². The Bertz CT molecular complexity index is 774. The van der Waals surface area contributed by atoms with Crippen LogP contribution in [0.5, 0.6) is 0 Å². The van der Waals surface area contributed by atoms with Gasteiger partial charge in [-0.1, -0.05) is 51.1 Å². The predicted molar refractivity (Wildman–Crippen MR) is 103 cm³/mol. The van der Waals surface area contributed by atoms with Crippen LogP contribution in [0.15, 0.2) is 36.4 Å². The van der Waals surface area contributed by atoms with E-state index >= 15 is 0 Å². The first-order valence-corrected chi connectivity index (χ1v) is 9.94. The van der Waals surface area contributed by atoms with Crippen LogP contribution in [0, 0.1) is 17.7 Å². The van der Waals surface area contributed by atoms with E-state index in [-0.39, 0.29) is 5.82 Å². The molecule has 0 spiro atoms. The number of rotatable bonds is 4. The van der Waals surface area contributed by atoms with Gasteiger partial charge in [0, 0.05) is 0 Å². The van der Waals surface area contributed by atoms with Gasteiger partial charge < -0.3 is 0 Å². The fourth-order valence-corrected chi connectivity index (χ4v) is 5.35. The topological polar surface area (TPSA) is 0 Å². The molecule has 0 saturated carbocycles. The quantitative estimate of drug-likeness (QED) is 0.604. The molecule has 0 aliphatic heterocycles. The lowest BCUT2D eigenvalue weighted by Gasteiger charge is -2.23. The molecule has 1 heteroatoms. The summed E-state index contributed by atoms with van der Waals surface area (Å²) in [6.45, 7) is 6.84. The molecule has 0 nitrogen and oxygen atoms in total. The highest BCUT2D eigenvalue weighted by atomic mass is 19.1. The first-order valence-electron chi connectivity index (χ1n) is 9.94. The van der Waals surface area contributed by atoms with Crippen molar-refractivity contribution in [3.8, 4) is 0 Å². The highest BCUT2D eigenvalue weighted by molar-refractivity contribution is 5.43. The lowest BCUT2D eigenvalue weighted by Crippen LogP contribution is -2.12. The average molecular weight is 336 g/mol. The minimum absolute atomic E-state index is 0.0221. The maximum absolute atomic E-state index is 14.5. The number of hydrogen-bond acceptors (Lipinski definition) is 0. The molecule has 0 bridgehead atoms. The van der Waals surface area contributed by atoms with Crippen molar-refractivity contribution in [2.45, 2.75) is 64.7 Å². The summed E-state index contributed by atoms with van der Waals surface area (Å²) in [6.07, 6.45) is 5.72. The van der Waals surface area contributed by atoms with Gasteiger partial charge in [-0.05, 0) is 89.7 Å². The Morgan fingerprint density at radius 1 is 0.960 bits per heavy atom. The number of halogens is 1. The van der Waals surface area contributed by atoms with Gasteiger partial charge in [0.1, 0.15) is 5.82 Å². The fourth-order valence-electron chi connectivity index (χ4n) is 5.35. The van der Waals surface area contributed by atoms with Crippen LogP contribution in [-0.4, -0.2) is 0 Å². The van der Waals surface area contributed by atoms with E-state index in [9.17, 15) is 4.39 Å². The second kappa shape index (κ2) is 6.59. The standard InChI is InChI=1S/C24H29F/c1-15(2)19-11-12-22-18(9-13-23(25)24(19)22)14-16(3)20-10-8-17-6-4-5-7-21(17)20/h4-7,9,13,15-16,19-20H,8,10-12,14H2,1-3H3. The molecule has 0 N–H and O–H groups in total. The van der Waals surface area contributed by atoms with Crippen LogP contribution >= 0.6 is 0 Å². The van der Waals surface area contributed by atoms with Crippen LogP contribution in [0.3, 0.4) is 0 Å². The summed E-state index contributed by atoms with van der Waals surface area (Å²) in [5.74, 6) is 2.20. The van der Waals surface area contributed by atoms with Gasteiger partial charge in [-0.2, -0.15) is 0 Å². The Morgan fingerprint density at radius 3 is 2.52 bits per heavy atom. The molecule has 2 aliphatic carbocycles. The molecular formula is C24H29F. The Morgan fingerprint density at radius 2 is 1.72 bits per heavy atom. The van der Waals surface area contributed by atoms with Crippen molar-refractivity contribution in [3.63, 3.8) is 0 Å². The van der Waals surface area contributed by atoms with Crippen LogP contribution in [0.25, 0.3) is 0 Å². The fraction of sp³-hybridized carbons (Fsp3) is 0.500. The lowest BCUT2D eigenvalue weighted by molar-refractivity contribution is 0.452. The van der Waals surface area contributed by atoms with Gasteiger partial charge in [-0.25, -0.2) is 4.39 Å². The maximum Gasteiger partial charge on any atom is 0.126 e. The number of benzene rings is 2. The summed E-state index contributed by atoms with van der Waals surface area (Å²) >= 11 is 0. The molecule has 0 radical (unpaired) electrons.